The molecule has 1 aromatic carbocycles. The number of aromatic nitrogens is 2. The van der Waals surface area contributed by atoms with Crippen molar-refractivity contribution < 1.29 is 9.84 Å². The Morgan fingerprint density at radius 3 is 2.62 bits per heavy atom. The number of hydrogen-bond donors (Lipinski definition) is 1. The van der Waals surface area contributed by atoms with Crippen LogP contribution in [-0.4, -0.2) is 14.7 Å². The summed E-state index contributed by atoms with van der Waals surface area (Å²) in [4.78, 5) is 4.10. The Balaban J connectivity index is 2.02. The molecule has 0 saturated heterocycles. The minimum atomic E-state index is 0.215. The van der Waals surface area contributed by atoms with Crippen LogP contribution in [0.15, 0.2) is 30.5 Å². The number of benzene rings is 1. The van der Waals surface area contributed by atoms with Crippen LogP contribution in [0.2, 0.25) is 5.15 Å². The van der Waals surface area contributed by atoms with Crippen molar-refractivity contribution in [3.8, 4) is 11.5 Å². The van der Waals surface area contributed by atoms with Crippen molar-refractivity contribution in [1.82, 2.24) is 9.55 Å². The number of halogens is 1. The molecule has 0 unspecified atom stereocenters. The molecule has 0 saturated carbocycles. The van der Waals surface area contributed by atoms with E-state index in [1.165, 1.54) is 0 Å². The van der Waals surface area contributed by atoms with Crippen LogP contribution in [0.1, 0.15) is 5.82 Å². The van der Waals surface area contributed by atoms with Crippen molar-refractivity contribution in [1.29, 1.82) is 0 Å². The summed E-state index contributed by atoms with van der Waals surface area (Å²) in [6, 6.07) is 6.53. The SMILES string of the molecule is Cn1c(Cl)cnc1COc1ccc(O)cc1. The van der Waals surface area contributed by atoms with Gasteiger partial charge in [-0.3, -0.25) is 0 Å². The Hall–Kier alpha value is -1.68. The molecule has 84 valence electrons. The fourth-order valence-electron chi connectivity index (χ4n) is 1.25. The van der Waals surface area contributed by atoms with Crippen LogP contribution in [0.4, 0.5) is 0 Å². The second-order valence-corrected chi connectivity index (χ2v) is 3.73. The number of hydrogen-bond acceptors (Lipinski definition) is 3. The van der Waals surface area contributed by atoms with Crippen molar-refractivity contribution in [2.45, 2.75) is 6.61 Å². The predicted octanol–water partition coefficient (Wildman–Crippen LogP) is 2.36. The second-order valence-electron chi connectivity index (χ2n) is 3.34. The van der Waals surface area contributed by atoms with E-state index in [9.17, 15) is 0 Å². The number of ether oxygens (including phenoxy) is 1. The number of aromatic hydroxyl groups is 1. The van der Waals surface area contributed by atoms with Crippen LogP contribution in [-0.2, 0) is 13.7 Å². The molecule has 2 aromatic rings. The zero-order chi connectivity index (χ0) is 11.5. The van der Waals surface area contributed by atoms with Crippen molar-refractivity contribution in [2.75, 3.05) is 0 Å². The monoisotopic (exact) mass is 238 g/mol. The lowest BCUT2D eigenvalue weighted by Gasteiger charge is -2.06. The van der Waals surface area contributed by atoms with E-state index in [2.05, 4.69) is 4.98 Å². The first-order valence-electron chi connectivity index (χ1n) is 4.75. The Morgan fingerprint density at radius 2 is 2.06 bits per heavy atom. The molecule has 0 bridgehead atoms. The van der Waals surface area contributed by atoms with Gasteiger partial charge in [-0.05, 0) is 24.3 Å². The van der Waals surface area contributed by atoms with Crippen LogP contribution in [0.3, 0.4) is 0 Å². The maximum Gasteiger partial charge on any atom is 0.147 e. The molecule has 0 amide bonds. The molecule has 4 nitrogen and oxygen atoms in total. The normalized spacial score (nSPS) is 10.4. The van der Waals surface area contributed by atoms with Gasteiger partial charge in [0.1, 0.15) is 29.1 Å². The van der Waals surface area contributed by atoms with Crippen LogP contribution in [0.25, 0.3) is 0 Å². The quantitative estimate of drug-likeness (QED) is 0.893. The average molecular weight is 239 g/mol. The lowest BCUT2D eigenvalue weighted by Crippen LogP contribution is -2.03. The van der Waals surface area contributed by atoms with Gasteiger partial charge in [-0.25, -0.2) is 4.98 Å². The van der Waals surface area contributed by atoms with Gasteiger partial charge in [0.15, 0.2) is 0 Å². The van der Waals surface area contributed by atoms with Crippen LogP contribution < -0.4 is 4.74 Å². The van der Waals surface area contributed by atoms with E-state index in [-0.39, 0.29) is 5.75 Å². The third kappa shape index (κ3) is 2.28. The summed E-state index contributed by atoms with van der Waals surface area (Å²) in [5.74, 6) is 1.64. The molecule has 0 aliphatic carbocycles. The predicted molar refractivity (Wildman–Crippen MR) is 60.7 cm³/mol. The minimum absolute atomic E-state index is 0.215. The van der Waals surface area contributed by atoms with Gasteiger partial charge >= 0.3 is 0 Å². The zero-order valence-electron chi connectivity index (χ0n) is 8.72. The van der Waals surface area contributed by atoms with Crippen molar-refractivity contribution >= 4 is 11.6 Å². The fraction of sp³-hybridized carbons (Fsp3) is 0.182. The highest BCUT2D eigenvalue weighted by atomic mass is 35.5. The van der Waals surface area contributed by atoms with E-state index in [1.807, 2.05) is 7.05 Å². The molecular formula is C11H11ClN2O2. The first-order valence-corrected chi connectivity index (χ1v) is 5.12. The van der Waals surface area contributed by atoms with Gasteiger partial charge in [0.05, 0.1) is 6.20 Å². The first-order chi connectivity index (χ1) is 7.66. The zero-order valence-corrected chi connectivity index (χ0v) is 9.48. The van der Waals surface area contributed by atoms with Gasteiger partial charge in [-0.2, -0.15) is 0 Å². The van der Waals surface area contributed by atoms with Crippen molar-refractivity contribution in [2.24, 2.45) is 7.05 Å². The van der Waals surface area contributed by atoms with Crippen LogP contribution in [0, 0.1) is 0 Å². The fourth-order valence-corrected chi connectivity index (χ4v) is 1.39. The Morgan fingerprint density at radius 1 is 1.38 bits per heavy atom. The number of imidazole rings is 1. The third-order valence-electron chi connectivity index (χ3n) is 2.23. The van der Waals surface area contributed by atoms with E-state index in [4.69, 9.17) is 21.4 Å². The van der Waals surface area contributed by atoms with E-state index < -0.39 is 0 Å². The van der Waals surface area contributed by atoms with Crippen LogP contribution in [0.5, 0.6) is 11.5 Å². The molecule has 5 heteroatoms. The molecule has 1 heterocycles. The summed E-state index contributed by atoms with van der Waals surface area (Å²) >= 11 is 5.84. The highest BCUT2D eigenvalue weighted by Gasteiger charge is 2.04. The summed E-state index contributed by atoms with van der Waals surface area (Å²) in [6.07, 6.45) is 1.58. The molecule has 0 spiro atoms. The van der Waals surface area contributed by atoms with E-state index in [0.717, 1.165) is 5.82 Å². The lowest BCUT2D eigenvalue weighted by atomic mass is 10.3. The molecule has 16 heavy (non-hydrogen) atoms. The molecular weight excluding hydrogens is 228 g/mol. The van der Waals surface area contributed by atoms with E-state index in [1.54, 1.807) is 35.0 Å². The Kier molecular flexibility index (Phi) is 3.01. The highest BCUT2D eigenvalue weighted by molar-refractivity contribution is 6.29. The summed E-state index contributed by atoms with van der Waals surface area (Å²) < 4.78 is 7.24. The van der Waals surface area contributed by atoms with Gasteiger partial charge in [-0.1, -0.05) is 11.6 Å². The standard InChI is InChI=1S/C11H11ClN2O2/c1-14-10(12)6-13-11(14)7-16-9-4-2-8(15)3-5-9/h2-6,15H,7H2,1H3. The number of rotatable bonds is 3. The van der Waals surface area contributed by atoms with Gasteiger partial charge < -0.3 is 14.4 Å². The third-order valence-corrected chi connectivity index (χ3v) is 2.58. The maximum absolute atomic E-state index is 9.10. The second kappa shape index (κ2) is 4.45. The van der Waals surface area contributed by atoms with Gasteiger partial charge in [0, 0.05) is 7.05 Å². The smallest absolute Gasteiger partial charge is 0.147 e. The largest absolute Gasteiger partial charge is 0.508 e. The number of phenolic OH excluding ortho intramolecular Hbond substituents is 1. The Labute approximate surface area is 98.1 Å². The number of phenols is 1. The summed E-state index contributed by atoms with van der Waals surface area (Å²) in [5, 5.41) is 9.67. The van der Waals surface area contributed by atoms with Gasteiger partial charge in [-0.15, -0.1) is 0 Å². The summed E-state index contributed by atoms with van der Waals surface area (Å²) in [7, 11) is 1.82. The molecule has 2 rings (SSSR count). The minimum Gasteiger partial charge on any atom is -0.508 e. The van der Waals surface area contributed by atoms with Crippen LogP contribution >= 0.6 is 11.6 Å². The molecule has 0 atom stereocenters. The first kappa shape index (κ1) is 10.8. The van der Waals surface area contributed by atoms with E-state index in [0.29, 0.717) is 17.5 Å². The highest BCUT2D eigenvalue weighted by Crippen LogP contribution is 2.17. The van der Waals surface area contributed by atoms with E-state index >= 15 is 0 Å². The molecule has 1 N–H and O–H groups in total. The van der Waals surface area contributed by atoms with Crippen molar-refractivity contribution in [3.63, 3.8) is 0 Å². The molecule has 0 aliphatic rings. The molecule has 1 aromatic heterocycles. The Bertz CT molecular complexity index is 479. The summed E-state index contributed by atoms with van der Waals surface area (Å²) in [6.45, 7) is 0.341. The number of nitrogens with zero attached hydrogens (tertiary/aromatic N) is 2. The van der Waals surface area contributed by atoms with Gasteiger partial charge in [0.2, 0.25) is 0 Å². The molecule has 0 fully saturated rings. The lowest BCUT2D eigenvalue weighted by molar-refractivity contribution is 0.291. The van der Waals surface area contributed by atoms with Gasteiger partial charge in [0.25, 0.3) is 0 Å². The molecule has 0 radical (unpaired) electrons. The summed E-state index contributed by atoms with van der Waals surface area (Å²) in [5.41, 5.74) is 0. The topological polar surface area (TPSA) is 47.3 Å². The maximum atomic E-state index is 9.10. The average Bonchev–Trinajstić information content (AvgIpc) is 2.60. The molecule has 0 aliphatic heterocycles. The van der Waals surface area contributed by atoms with Crippen molar-refractivity contribution in [3.05, 3.63) is 41.4 Å².